The summed E-state index contributed by atoms with van der Waals surface area (Å²) >= 11 is 0. The van der Waals surface area contributed by atoms with Gasteiger partial charge in [-0.25, -0.2) is 9.97 Å². The van der Waals surface area contributed by atoms with Gasteiger partial charge < -0.3 is 14.6 Å². The standard InChI is InChI=1S/C24H24N6O2/c1-17-14-27-21(15-26-17)23(31)29-12-7-24(32,8-13-29)16-30-11-6-20-22(30)3-2-19(28-20)18-4-9-25-10-5-18/h2-6,9-11,14-15,32H,7-8,12-13,16H2,1H3. The van der Waals surface area contributed by atoms with Gasteiger partial charge in [0.15, 0.2) is 0 Å². The number of hydrogen-bond acceptors (Lipinski definition) is 6. The summed E-state index contributed by atoms with van der Waals surface area (Å²) in [5.74, 6) is -0.140. The summed E-state index contributed by atoms with van der Waals surface area (Å²) in [6.45, 7) is 3.25. The van der Waals surface area contributed by atoms with Crippen molar-refractivity contribution in [3.8, 4) is 11.3 Å². The highest BCUT2D eigenvalue weighted by molar-refractivity contribution is 5.92. The lowest BCUT2D eigenvalue weighted by molar-refractivity contribution is -0.0285. The molecule has 1 aliphatic rings. The maximum atomic E-state index is 12.7. The van der Waals surface area contributed by atoms with Gasteiger partial charge in [-0.05, 0) is 50.1 Å². The molecule has 1 fully saturated rings. The Kier molecular flexibility index (Phi) is 5.14. The van der Waals surface area contributed by atoms with Gasteiger partial charge in [0.25, 0.3) is 5.91 Å². The predicted molar refractivity (Wildman–Crippen MR) is 120 cm³/mol. The normalized spacial score (nSPS) is 15.8. The van der Waals surface area contributed by atoms with Crippen LogP contribution >= 0.6 is 0 Å². The van der Waals surface area contributed by atoms with Crippen LogP contribution in [0, 0.1) is 6.92 Å². The monoisotopic (exact) mass is 428 g/mol. The lowest BCUT2D eigenvalue weighted by Gasteiger charge is -2.38. The van der Waals surface area contributed by atoms with E-state index >= 15 is 0 Å². The van der Waals surface area contributed by atoms with Crippen LogP contribution < -0.4 is 0 Å². The number of hydrogen-bond donors (Lipinski definition) is 1. The highest BCUT2D eigenvalue weighted by atomic mass is 16.3. The number of pyridine rings is 2. The van der Waals surface area contributed by atoms with E-state index < -0.39 is 5.60 Å². The van der Waals surface area contributed by atoms with E-state index in [0.29, 0.717) is 38.2 Å². The maximum Gasteiger partial charge on any atom is 0.274 e. The minimum Gasteiger partial charge on any atom is -0.388 e. The highest BCUT2D eigenvalue weighted by Gasteiger charge is 2.35. The molecular formula is C24H24N6O2. The van der Waals surface area contributed by atoms with Crippen molar-refractivity contribution in [1.29, 1.82) is 0 Å². The van der Waals surface area contributed by atoms with Crippen molar-refractivity contribution >= 4 is 16.9 Å². The molecule has 162 valence electrons. The van der Waals surface area contributed by atoms with E-state index in [-0.39, 0.29) is 5.91 Å². The lowest BCUT2D eigenvalue weighted by Crippen LogP contribution is -2.48. The van der Waals surface area contributed by atoms with Crippen molar-refractivity contribution in [1.82, 2.24) is 29.4 Å². The molecule has 0 radical (unpaired) electrons. The van der Waals surface area contributed by atoms with Crippen LogP contribution in [0.2, 0.25) is 0 Å². The highest BCUT2D eigenvalue weighted by Crippen LogP contribution is 2.28. The third-order valence-electron chi connectivity index (χ3n) is 6.05. The molecule has 1 saturated heterocycles. The molecule has 4 aromatic rings. The van der Waals surface area contributed by atoms with Gasteiger partial charge in [0.2, 0.25) is 0 Å². The molecular weight excluding hydrogens is 404 g/mol. The number of nitrogens with zero attached hydrogens (tertiary/aromatic N) is 6. The SMILES string of the molecule is Cc1cnc(C(=O)N2CCC(O)(Cn3ccc4nc(-c5ccncc5)ccc43)CC2)cn1. The van der Waals surface area contributed by atoms with Crippen LogP contribution in [0.1, 0.15) is 29.0 Å². The van der Waals surface area contributed by atoms with Crippen LogP contribution in [0.5, 0.6) is 0 Å². The molecule has 1 aliphatic heterocycles. The number of carbonyl (C=O) groups excluding carboxylic acids is 1. The Balaban J connectivity index is 1.28. The molecule has 5 rings (SSSR count). The number of aliphatic hydroxyl groups is 1. The Morgan fingerprint density at radius 2 is 1.84 bits per heavy atom. The second-order valence-electron chi connectivity index (χ2n) is 8.34. The Morgan fingerprint density at radius 1 is 1.06 bits per heavy atom. The number of fused-ring (bicyclic) bond motifs is 1. The van der Waals surface area contributed by atoms with E-state index in [0.717, 1.165) is 28.0 Å². The van der Waals surface area contributed by atoms with Crippen molar-refractivity contribution < 1.29 is 9.90 Å². The van der Waals surface area contributed by atoms with Crippen molar-refractivity contribution in [3.63, 3.8) is 0 Å². The predicted octanol–water partition coefficient (Wildman–Crippen LogP) is 2.86. The maximum absolute atomic E-state index is 12.7. The number of amides is 1. The Labute approximate surface area is 185 Å². The molecule has 8 nitrogen and oxygen atoms in total. The molecule has 1 amide bonds. The summed E-state index contributed by atoms with van der Waals surface area (Å²) in [5.41, 5.74) is 4.00. The van der Waals surface area contributed by atoms with Gasteiger partial charge in [-0.1, -0.05) is 0 Å². The van der Waals surface area contributed by atoms with E-state index in [9.17, 15) is 9.90 Å². The minimum absolute atomic E-state index is 0.140. The van der Waals surface area contributed by atoms with Gasteiger partial charge in [0.1, 0.15) is 5.69 Å². The molecule has 8 heteroatoms. The van der Waals surface area contributed by atoms with Crippen LogP contribution in [0.3, 0.4) is 0 Å². The minimum atomic E-state index is -0.883. The molecule has 32 heavy (non-hydrogen) atoms. The van der Waals surface area contributed by atoms with Gasteiger partial charge in [-0.2, -0.15) is 0 Å². The topological polar surface area (TPSA) is 97.0 Å². The smallest absolute Gasteiger partial charge is 0.274 e. The van der Waals surface area contributed by atoms with E-state index in [2.05, 4.69) is 15.0 Å². The number of carbonyl (C=O) groups is 1. The summed E-state index contributed by atoms with van der Waals surface area (Å²) in [6.07, 6.45) is 9.58. The van der Waals surface area contributed by atoms with Crippen LogP contribution in [-0.4, -0.2) is 59.1 Å². The molecule has 0 unspecified atom stereocenters. The first-order chi connectivity index (χ1) is 15.5. The molecule has 0 bridgehead atoms. The largest absolute Gasteiger partial charge is 0.388 e. The van der Waals surface area contributed by atoms with E-state index in [1.807, 2.05) is 48.0 Å². The summed E-state index contributed by atoms with van der Waals surface area (Å²) in [4.78, 5) is 31.6. The molecule has 5 heterocycles. The Morgan fingerprint density at radius 3 is 2.56 bits per heavy atom. The van der Waals surface area contributed by atoms with E-state index in [1.165, 1.54) is 6.20 Å². The van der Waals surface area contributed by atoms with Gasteiger partial charge in [-0.15, -0.1) is 0 Å². The molecule has 4 aromatic heterocycles. The van der Waals surface area contributed by atoms with Crippen molar-refractivity contribution in [2.75, 3.05) is 13.1 Å². The molecule has 0 saturated carbocycles. The number of likely N-dealkylation sites (tertiary alicyclic amines) is 1. The lowest BCUT2D eigenvalue weighted by atomic mass is 9.91. The average molecular weight is 428 g/mol. The first-order valence-corrected chi connectivity index (χ1v) is 10.7. The fourth-order valence-corrected chi connectivity index (χ4v) is 4.16. The number of rotatable bonds is 4. The summed E-state index contributed by atoms with van der Waals surface area (Å²) in [5, 5.41) is 11.2. The summed E-state index contributed by atoms with van der Waals surface area (Å²) < 4.78 is 2.04. The number of aryl methyl sites for hydroxylation is 1. The second-order valence-corrected chi connectivity index (χ2v) is 8.34. The van der Waals surface area contributed by atoms with E-state index in [4.69, 9.17) is 4.98 Å². The fraction of sp³-hybridized carbons (Fsp3) is 0.292. The Hall–Kier alpha value is -3.65. The molecule has 1 N–H and O–H groups in total. The number of aromatic nitrogens is 5. The third kappa shape index (κ3) is 3.97. The van der Waals surface area contributed by atoms with Gasteiger partial charge >= 0.3 is 0 Å². The van der Waals surface area contributed by atoms with Crippen LogP contribution in [0.4, 0.5) is 0 Å². The molecule has 0 atom stereocenters. The van der Waals surface area contributed by atoms with Crippen LogP contribution in [0.25, 0.3) is 22.3 Å². The zero-order valence-corrected chi connectivity index (χ0v) is 17.8. The summed E-state index contributed by atoms with van der Waals surface area (Å²) in [6, 6.07) is 9.87. The number of piperidine rings is 1. The van der Waals surface area contributed by atoms with Crippen molar-refractivity contribution in [2.24, 2.45) is 0 Å². The van der Waals surface area contributed by atoms with E-state index in [1.54, 1.807) is 23.5 Å². The first-order valence-electron chi connectivity index (χ1n) is 10.7. The van der Waals surface area contributed by atoms with Crippen molar-refractivity contribution in [2.45, 2.75) is 31.9 Å². The van der Waals surface area contributed by atoms with Crippen molar-refractivity contribution in [3.05, 3.63) is 72.7 Å². The fourth-order valence-electron chi connectivity index (χ4n) is 4.16. The first kappa shape index (κ1) is 20.3. The zero-order valence-electron chi connectivity index (χ0n) is 17.8. The second kappa shape index (κ2) is 8.12. The van der Waals surface area contributed by atoms with Gasteiger partial charge in [0, 0.05) is 43.4 Å². The van der Waals surface area contributed by atoms with Crippen LogP contribution in [-0.2, 0) is 6.54 Å². The zero-order chi connectivity index (χ0) is 22.1. The molecule has 0 aromatic carbocycles. The van der Waals surface area contributed by atoms with Crippen LogP contribution in [0.15, 0.2) is 61.3 Å². The summed E-state index contributed by atoms with van der Waals surface area (Å²) in [7, 11) is 0. The Bertz CT molecular complexity index is 1240. The quantitative estimate of drug-likeness (QED) is 0.537. The van der Waals surface area contributed by atoms with Gasteiger partial charge in [0.05, 0.1) is 40.8 Å². The van der Waals surface area contributed by atoms with Gasteiger partial charge in [-0.3, -0.25) is 14.8 Å². The molecule has 0 spiro atoms. The third-order valence-corrected chi connectivity index (χ3v) is 6.05. The molecule has 0 aliphatic carbocycles. The average Bonchev–Trinajstić information content (AvgIpc) is 3.21.